The second kappa shape index (κ2) is 6.40. The smallest absolute Gasteiger partial charge is 0.336 e. The van der Waals surface area contributed by atoms with Crippen molar-refractivity contribution in [3.8, 4) is 0 Å². The molecule has 0 amide bonds. The van der Waals surface area contributed by atoms with Gasteiger partial charge in [-0.05, 0) is 13.3 Å². The summed E-state index contributed by atoms with van der Waals surface area (Å²) >= 11 is 0. The molecule has 0 spiro atoms. The lowest BCUT2D eigenvalue weighted by Gasteiger charge is -2.14. The quantitative estimate of drug-likeness (QED) is 0.634. The molecule has 2 atom stereocenters. The van der Waals surface area contributed by atoms with Crippen LogP contribution < -0.4 is 17.1 Å². The molecule has 2 rings (SSSR count). The maximum absolute atomic E-state index is 12.3. The summed E-state index contributed by atoms with van der Waals surface area (Å²) in [5.74, 6) is 0. The van der Waals surface area contributed by atoms with Gasteiger partial charge in [-0.1, -0.05) is 13.3 Å². The van der Waals surface area contributed by atoms with Gasteiger partial charge < -0.3 is 9.84 Å². The molecule has 2 heterocycles. The van der Waals surface area contributed by atoms with Crippen molar-refractivity contribution in [2.75, 3.05) is 6.61 Å². The van der Waals surface area contributed by atoms with Gasteiger partial charge in [0.15, 0.2) is 0 Å². The van der Waals surface area contributed by atoms with Crippen LogP contribution in [0.3, 0.4) is 0 Å². The zero-order valence-electron chi connectivity index (χ0n) is 12.3. The Morgan fingerprint density at radius 1 is 1.19 bits per heavy atom. The number of unbranched alkanes of at least 4 members (excludes halogenated alkanes) is 1. The molecule has 0 saturated carbocycles. The fourth-order valence-corrected chi connectivity index (χ4v) is 2.14. The average Bonchev–Trinajstić information content (AvgIpc) is 3.23. The molecule has 8 heteroatoms. The number of epoxide rings is 1. The summed E-state index contributed by atoms with van der Waals surface area (Å²) in [6.07, 6.45) is 0.500. The molecule has 1 aromatic heterocycles. The Morgan fingerprint density at radius 3 is 2.29 bits per heavy atom. The molecule has 0 bridgehead atoms. The number of nitrogens with zero attached hydrogens (tertiary/aromatic N) is 3. The van der Waals surface area contributed by atoms with Gasteiger partial charge in [-0.2, -0.15) is 0 Å². The summed E-state index contributed by atoms with van der Waals surface area (Å²) < 4.78 is 8.06. The van der Waals surface area contributed by atoms with Gasteiger partial charge in [0.1, 0.15) is 0 Å². The fourth-order valence-electron chi connectivity index (χ4n) is 2.14. The maximum Gasteiger partial charge on any atom is 0.336 e. The molecule has 0 aromatic carbocycles. The van der Waals surface area contributed by atoms with Crippen LogP contribution in [0.2, 0.25) is 0 Å². The van der Waals surface area contributed by atoms with E-state index in [2.05, 4.69) is 0 Å². The molecule has 118 valence electrons. The third kappa shape index (κ3) is 3.51. The van der Waals surface area contributed by atoms with Crippen LogP contribution >= 0.6 is 0 Å². The molecule has 2 unspecified atom stereocenters. The third-order valence-electron chi connectivity index (χ3n) is 3.36. The Kier molecular flexibility index (Phi) is 4.79. The second-order valence-electron chi connectivity index (χ2n) is 5.38. The van der Waals surface area contributed by atoms with Crippen molar-refractivity contribution in [2.24, 2.45) is 0 Å². The van der Waals surface area contributed by atoms with Crippen LogP contribution in [0.25, 0.3) is 0 Å². The third-order valence-corrected chi connectivity index (χ3v) is 3.36. The molecule has 1 fully saturated rings. The Hall–Kier alpha value is -1.67. The van der Waals surface area contributed by atoms with E-state index in [0.717, 1.165) is 20.1 Å². The van der Waals surface area contributed by atoms with Crippen molar-refractivity contribution in [1.29, 1.82) is 0 Å². The lowest BCUT2D eigenvalue weighted by Crippen LogP contribution is -2.55. The van der Waals surface area contributed by atoms with E-state index in [9.17, 15) is 19.5 Å². The Morgan fingerprint density at radius 2 is 1.76 bits per heavy atom. The number of hydrogen-bond donors (Lipinski definition) is 1. The van der Waals surface area contributed by atoms with Gasteiger partial charge in [0, 0.05) is 6.54 Å². The monoisotopic (exact) mass is 299 g/mol. The van der Waals surface area contributed by atoms with E-state index in [4.69, 9.17) is 4.74 Å². The molecular weight excluding hydrogens is 278 g/mol. The highest BCUT2D eigenvalue weighted by atomic mass is 16.6. The van der Waals surface area contributed by atoms with Gasteiger partial charge in [-0.15, -0.1) is 0 Å². The van der Waals surface area contributed by atoms with E-state index in [1.807, 2.05) is 6.92 Å². The normalized spacial score (nSPS) is 18.7. The van der Waals surface area contributed by atoms with Crippen molar-refractivity contribution in [1.82, 2.24) is 13.7 Å². The lowest BCUT2D eigenvalue weighted by atomic mass is 10.3. The van der Waals surface area contributed by atoms with Gasteiger partial charge >= 0.3 is 17.1 Å². The van der Waals surface area contributed by atoms with Crippen molar-refractivity contribution in [3.05, 3.63) is 31.5 Å². The van der Waals surface area contributed by atoms with Gasteiger partial charge in [-0.3, -0.25) is 0 Å². The molecule has 21 heavy (non-hydrogen) atoms. The molecule has 8 nitrogen and oxygen atoms in total. The maximum atomic E-state index is 12.3. The minimum atomic E-state index is -0.849. The zero-order valence-corrected chi connectivity index (χ0v) is 12.3. The fraction of sp³-hybridized carbons (Fsp3) is 0.769. The summed E-state index contributed by atoms with van der Waals surface area (Å²) in [7, 11) is 0. The van der Waals surface area contributed by atoms with E-state index in [0.29, 0.717) is 13.0 Å². The van der Waals surface area contributed by atoms with Gasteiger partial charge in [-0.25, -0.2) is 28.1 Å². The van der Waals surface area contributed by atoms with Crippen LogP contribution in [0.4, 0.5) is 0 Å². The van der Waals surface area contributed by atoms with Crippen molar-refractivity contribution in [3.63, 3.8) is 0 Å². The number of aromatic nitrogens is 3. The van der Waals surface area contributed by atoms with Gasteiger partial charge in [0.25, 0.3) is 0 Å². The molecule has 1 saturated heterocycles. The molecule has 1 aromatic rings. The lowest BCUT2D eigenvalue weighted by molar-refractivity contribution is 0.166. The van der Waals surface area contributed by atoms with E-state index in [-0.39, 0.29) is 25.7 Å². The first-order valence-electron chi connectivity index (χ1n) is 7.19. The van der Waals surface area contributed by atoms with Crippen LogP contribution in [0.1, 0.15) is 26.7 Å². The van der Waals surface area contributed by atoms with Crippen molar-refractivity contribution >= 4 is 0 Å². The first-order valence-corrected chi connectivity index (χ1v) is 7.19. The summed E-state index contributed by atoms with van der Waals surface area (Å²) in [6.45, 7) is 4.23. The number of hydrogen-bond acceptors (Lipinski definition) is 5. The number of ether oxygens (including phenoxy) is 1. The summed E-state index contributed by atoms with van der Waals surface area (Å²) in [5.41, 5.74) is -1.95. The standard InChI is InChI=1S/C13H21N3O5/c1-3-4-5-14-11(18)15(6-9(2)17)13(20)16(12(14)19)7-10-8-21-10/h9-10,17H,3-8H2,1-2H3. The highest BCUT2D eigenvalue weighted by Gasteiger charge is 2.26. The van der Waals surface area contributed by atoms with Crippen LogP contribution in [0.15, 0.2) is 14.4 Å². The van der Waals surface area contributed by atoms with E-state index in [1.165, 1.54) is 6.92 Å². The number of rotatable bonds is 7. The van der Waals surface area contributed by atoms with Gasteiger partial charge in [0.05, 0.1) is 31.9 Å². The average molecular weight is 299 g/mol. The first-order chi connectivity index (χ1) is 9.95. The van der Waals surface area contributed by atoms with Crippen LogP contribution in [-0.2, 0) is 24.4 Å². The molecule has 1 aliphatic heterocycles. The van der Waals surface area contributed by atoms with Crippen molar-refractivity contribution in [2.45, 2.75) is 58.5 Å². The number of aliphatic hydroxyl groups is 1. The predicted molar refractivity (Wildman–Crippen MR) is 75.6 cm³/mol. The first kappa shape index (κ1) is 15.7. The number of aliphatic hydroxyl groups excluding tert-OH is 1. The highest BCUT2D eigenvalue weighted by Crippen LogP contribution is 2.09. The SMILES string of the molecule is CCCCn1c(=O)n(CC(C)O)c(=O)n(CC2CO2)c1=O. The second-order valence-corrected chi connectivity index (χ2v) is 5.38. The highest BCUT2D eigenvalue weighted by molar-refractivity contribution is 4.82. The topological polar surface area (TPSA) is 98.8 Å². The summed E-state index contributed by atoms with van der Waals surface area (Å²) in [6, 6.07) is 0. The Bertz CT molecular complexity index is 624. The molecule has 0 radical (unpaired) electrons. The molecular formula is C13H21N3O5. The minimum Gasteiger partial charge on any atom is -0.392 e. The van der Waals surface area contributed by atoms with Crippen LogP contribution in [0.5, 0.6) is 0 Å². The minimum absolute atomic E-state index is 0.129. The molecule has 1 aliphatic rings. The van der Waals surface area contributed by atoms with Gasteiger partial charge in [0.2, 0.25) is 0 Å². The largest absolute Gasteiger partial charge is 0.392 e. The molecule has 0 aliphatic carbocycles. The van der Waals surface area contributed by atoms with E-state index >= 15 is 0 Å². The zero-order chi connectivity index (χ0) is 15.6. The Balaban J connectivity index is 2.55. The Labute approximate surface area is 121 Å². The molecule has 1 N–H and O–H groups in total. The van der Waals surface area contributed by atoms with E-state index < -0.39 is 23.2 Å². The summed E-state index contributed by atoms with van der Waals surface area (Å²) in [5, 5.41) is 9.46. The van der Waals surface area contributed by atoms with Crippen molar-refractivity contribution < 1.29 is 9.84 Å². The summed E-state index contributed by atoms with van der Waals surface area (Å²) in [4.78, 5) is 36.9. The van der Waals surface area contributed by atoms with Crippen LogP contribution in [-0.4, -0.2) is 37.6 Å². The van der Waals surface area contributed by atoms with Crippen LogP contribution in [0, 0.1) is 0 Å². The predicted octanol–water partition coefficient (Wildman–Crippen LogP) is -1.25. The van der Waals surface area contributed by atoms with E-state index in [1.54, 1.807) is 0 Å².